The maximum atomic E-state index is 4.56. The number of rotatable bonds is 1. The molecule has 0 atom stereocenters. The normalized spacial score (nSPS) is 16.5. The average Bonchev–Trinajstić information content (AvgIpc) is 3.39. The number of benzene rings is 2. The Labute approximate surface area is 236 Å². The molecule has 0 unspecified atom stereocenters. The zero-order valence-corrected chi connectivity index (χ0v) is 25.6. The predicted molar refractivity (Wildman–Crippen MR) is 137 cm³/mol. The van der Waals surface area contributed by atoms with E-state index in [0.717, 1.165) is 0 Å². The van der Waals surface area contributed by atoms with Gasteiger partial charge in [0.25, 0.3) is 0 Å². The van der Waals surface area contributed by atoms with Crippen LogP contribution in [0, 0.1) is 0 Å². The second-order valence-corrected chi connectivity index (χ2v) is 14.7. The Morgan fingerprint density at radius 1 is 0.882 bits per heavy atom. The predicted octanol–water partition coefficient (Wildman–Crippen LogP) is 1.91. The fourth-order valence-electron chi connectivity index (χ4n) is 5.16. The Balaban J connectivity index is 0.000000238. The van der Waals surface area contributed by atoms with Crippen LogP contribution in [0.4, 0.5) is 0 Å². The van der Waals surface area contributed by atoms with E-state index in [2.05, 4.69) is 119 Å². The molecule has 1 radical (unpaired) electrons. The van der Waals surface area contributed by atoms with Gasteiger partial charge in [-0.15, -0.1) is 29.0 Å². The summed E-state index contributed by atoms with van der Waals surface area (Å²) in [4.78, 5) is 4.56. The van der Waals surface area contributed by atoms with Crippen LogP contribution in [0.1, 0.15) is 33.3 Å². The van der Waals surface area contributed by atoms with Gasteiger partial charge in [-0.05, 0) is 39.9 Å². The summed E-state index contributed by atoms with van der Waals surface area (Å²) in [5.74, 6) is 0. The molecule has 1 aliphatic carbocycles. The van der Waals surface area contributed by atoms with Crippen LogP contribution in [0.25, 0.3) is 21.9 Å². The molecule has 0 fully saturated rings. The van der Waals surface area contributed by atoms with Crippen molar-refractivity contribution in [2.45, 2.75) is 46.2 Å². The van der Waals surface area contributed by atoms with Crippen LogP contribution < -0.4 is 24.8 Å². The molecule has 0 bridgehead atoms. The van der Waals surface area contributed by atoms with Gasteiger partial charge in [-0.3, -0.25) is 4.99 Å². The zero-order chi connectivity index (χ0) is 22.0. The zero-order valence-electron chi connectivity index (χ0n) is 20.6. The van der Waals surface area contributed by atoms with Crippen molar-refractivity contribution in [3.8, 4) is 11.1 Å². The van der Waals surface area contributed by atoms with Gasteiger partial charge in [-0.1, -0.05) is 75.8 Å². The van der Waals surface area contributed by atoms with Gasteiger partial charge in [0.05, 0.1) is 5.70 Å². The number of halogens is 2. The molecule has 2 aliphatic heterocycles. The Hall–Kier alpha value is -1.38. The maximum Gasteiger partial charge on any atom is 3.00 e. The fraction of sp³-hybridized carbons (Fsp3) is 0.241. The van der Waals surface area contributed by atoms with Crippen molar-refractivity contribution in [1.29, 1.82) is 0 Å². The van der Waals surface area contributed by atoms with Crippen molar-refractivity contribution in [2.75, 3.05) is 0 Å². The molecule has 5 heteroatoms. The molecular weight excluding hydrogens is 553 g/mol. The standard InChI is InChI=1S/C19H19.C10H11NSi.2ClH.Zr/c1-19(2,3)16-12-10-15(11-13-16)18-9-5-7-14-6-4-8-17(14)18;1-6-10-9-7(11-6)4-5-8(9)12(10,2)3;;;/h4-13H,1-3H3;4-5H,1-3H3;2*1H;/q-1;;;;+3/p-2. The summed E-state index contributed by atoms with van der Waals surface area (Å²) in [6.45, 7) is 13.7. The Bertz CT molecular complexity index is 1330. The first-order valence-electron chi connectivity index (χ1n) is 11.2. The minimum atomic E-state index is -1.17. The van der Waals surface area contributed by atoms with E-state index in [0.29, 0.717) is 0 Å². The molecule has 6 rings (SSSR count). The van der Waals surface area contributed by atoms with E-state index >= 15 is 0 Å². The summed E-state index contributed by atoms with van der Waals surface area (Å²) in [6.07, 6.45) is 4.44. The van der Waals surface area contributed by atoms with E-state index < -0.39 is 8.07 Å². The molecule has 0 aromatic heterocycles. The Kier molecular flexibility index (Phi) is 8.75. The van der Waals surface area contributed by atoms with Gasteiger partial charge in [0.15, 0.2) is 0 Å². The fourth-order valence-corrected chi connectivity index (χ4v) is 8.47. The number of hydrogen-bond donors (Lipinski definition) is 0. The van der Waals surface area contributed by atoms with Crippen LogP contribution in [-0.4, -0.2) is 13.8 Å². The molecule has 0 N–H and O–H groups in total. The molecule has 0 saturated carbocycles. The largest absolute Gasteiger partial charge is 3.00 e. The number of allylic oxidation sites excluding steroid dienone is 4. The Morgan fingerprint density at radius 2 is 1.56 bits per heavy atom. The van der Waals surface area contributed by atoms with Crippen LogP contribution in [-0.2, 0) is 31.6 Å². The topological polar surface area (TPSA) is 12.4 Å². The van der Waals surface area contributed by atoms with Crippen LogP contribution >= 0.6 is 0 Å². The third-order valence-corrected chi connectivity index (χ3v) is 10.5. The summed E-state index contributed by atoms with van der Waals surface area (Å²) in [5.41, 5.74) is 8.21. The second kappa shape index (κ2) is 10.3. The van der Waals surface area contributed by atoms with Crippen LogP contribution in [0.15, 0.2) is 99.5 Å². The van der Waals surface area contributed by atoms with Crippen molar-refractivity contribution in [1.82, 2.24) is 0 Å². The molecule has 0 spiro atoms. The number of hydrogen-bond acceptors (Lipinski definition) is 1. The van der Waals surface area contributed by atoms with Crippen molar-refractivity contribution in [2.24, 2.45) is 4.99 Å². The first kappa shape index (κ1) is 28.9. The third kappa shape index (κ3) is 4.70. The van der Waals surface area contributed by atoms with E-state index in [-0.39, 0.29) is 56.4 Å². The van der Waals surface area contributed by atoms with Gasteiger partial charge in [0, 0.05) is 11.3 Å². The molecule has 3 aromatic carbocycles. The third-order valence-electron chi connectivity index (χ3n) is 6.87. The summed E-state index contributed by atoms with van der Waals surface area (Å²) in [7, 11) is -1.17. The molecule has 3 aliphatic rings. The molecular formula is C29H30Cl2NSiZr. The van der Waals surface area contributed by atoms with Crippen LogP contribution in [0.2, 0.25) is 13.1 Å². The summed E-state index contributed by atoms with van der Waals surface area (Å²) >= 11 is 0. The van der Waals surface area contributed by atoms with Gasteiger partial charge >= 0.3 is 26.2 Å². The van der Waals surface area contributed by atoms with Gasteiger partial charge in [-0.2, -0.15) is 12.1 Å². The van der Waals surface area contributed by atoms with Crippen molar-refractivity contribution >= 4 is 24.6 Å². The first-order chi connectivity index (χ1) is 14.7. The van der Waals surface area contributed by atoms with Gasteiger partial charge < -0.3 is 24.8 Å². The maximum absolute atomic E-state index is 4.56. The van der Waals surface area contributed by atoms with Gasteiger partial charge in [0.1, 0.15) is 8.07 Å². The van der Waals surface area contributed by atoms with Crippen molar-refractivity contribution in [3.63, 3.8) is 0 Å². The minimum Gasteiger partial charge on any atom is -1.00 e. The van der Waals surface area contributed by atoms with Gasteiger partial charge in [-0.25, -0.2) is 0 Å². The molecule has 34 heavy (non-hydrogen) atoms. The van der Waals surface area contributed by atoms with Crippen molar-refractivity contribution < 1.29 is 51.0 Å². The second-order valence-electron chi connectivity index (χ2n) is 10.4. The summed E-state index contributed by atoms with van der Waals surface area (Å²) < 4.78 is 0. The molecule has 0 amide bonds. The number of fused-ring (bicyclic) bond motifs is 1. The molecule has 3 aromatic rings. The van der Waals surface area contributed by atoms with E-state index in [1.807, 2.05) is 0 Å². The molecule has 2 heterocycles. The van der Waals surface area contributed by atoms with Crippen LogP contribution in [0.3, 0.4) is 0 Å². The van der Waals surface area contributed by atoms with Gasteiger partial charge in [0.2, 0.25) is 0 Å². The van der Waals surface area contributed by atoms with E-state index in [9.17, 15) is 0 Å². The minimum absolute atomic E-state index is 0. The first-order valence-corrected chi connectivity index (χ1v) is 14.2. The Morgan fingerprint density at radius 3 is 2.21 bits per heavy atom. The van der Waals surface area contributed by atoms with Crippen LogP contribution in [0.5, 0.6) is 0 Å². The quantitative estimate of drug-likeness (QED) is 0.307. The number of aliphatic imine (C=N–C) groups is 1. The smallest absolute Gasteiger partial charge is 1.00 e. The number of nitrogens with zero attached hydrogens (tertiary/aromatic N) is 1. The SMILES string of the molecule is CC(C)(C)c1ccc(-c2cccc3[cH-]ccc23)cc1.CC1=NC2=CC=C3C2=C1[Si]3(C)C.[Cl-].[Cl-].[Zr+3]. The average molecular weight is 583 g/mol. The van der Waals surface area contributed by atoms with E-state index in [1.165, 1.54) is 44.4 Å². The van der Waals surface area contributed by atoms with E-state index in [4.69, 9.17) is 0 Å². The van der Waals surface area contributed by atoms with E-state index in [1.54, 1.807) is 10.4 Å². The monoisotopic (exact) mass is 580 g/mol. The molecule has 0 saturated heterocycles. The molecule has 1 nitrogen and oxygen atoms in total. The summed E-state index contributed by atoms with van der Waals surface area (Å²) in [6, 6.07) is 22.0. The molecule has 173 valence electrons. The summed E-state index contributed by atoms with van der Waals surface area (Å²) in [5, 5.41) is 5.88. The van der Waals surface area contributed by atoms with Crippen molar-refractivity contribution in [3.05, 3.63) is 100 Å².